The van der Waals surface area contributed by atoms with E-state index in [0.717, 1.165) is 6.54 Å². The van der Waals surface area contributed by atoms with Crippen LogP contribution in [0.3, 0.4) is 0 Å². The van der Waals surface area contributed by atoms with Crippen LogP contribution in [-0.4, -0.2) is 23.9 Å². The third-order valence-corrected chi connectivity index (χ3v) is 3.13. The van der Waals surface area contributed by atoms with Gasteiger partial charge in [0.2, 0.25) is 0 Å². The van der Waals surface area contributed by atoms with Gasteiger partial charge in [-0.1, -0.05) is 36.4 Å². The number of rotatable bonds is 4. The van der Waals surface area contributed by atoms with Crippen molar-refractivity contribution >= 4 is 17.7 Å². The van der Waals surface area contributed by atoms with Crippen molar-refractivity contribution in [2.45, 2.75) is 19.4 Å². The molecule has 0 N–H and O–H groups in total. The van der Waals surface area contributed by atoms with E-state index in [4.69, 9.17) is 11.6 Å². The van der Waals surface area contributed by atoms with Gasteiger partial charge in [0.1, 0.15) is 0 Å². The molecule has 0 amide bonds. The van der Waals surface area contributed by atoms with Crippen LogP contribution in [0, 0.1) is 0 Å². The van der Waals surface area contributed by atoms with E-state index < -0.39 is 0 Å². The molecule has 0 spiro atoms. The molecule has 1 aromatic rings. The summed E-state index contributed by atoms with van der Waals surface area (Å²) in [6.45, 7) is 3.59. The Morgan fingerprint density at radius 1 is 1.25 bits per heavy atom. The van der Waals surface area contributed by atoms with Gasteiger partial charge in [-0.15, -0.1) is 11.6 Å². The molecule has 0 atom stereocenters. The highest BCUT2D eigenvalue weighted by molar-refractivity contribution is 6.19. The van der Waals surface area contributed by atoms with Crippen LogP contribution in [0.25, 0.3) is 6.08 Å². The summed E-state index contributed by atoms with van der Waals surface area (Å²) >= 11 is 5.63. The van der Waals surface area contributed by atoms with Gasteiger partial charge in [0.25, 0.3) is 0 Å². The summed E-state index contributed by atoms with van der Waals surface area (Å²) < 4.78 is 0. The lowest BCUT2D eigenvalue weighted by atomic mass is 10.1. The number of benzene rings is 1. The van der Waals surface area contributed by atoms with E-state index in [2.05, 4.69) is 35.2 Å². The number of allylic oxidation sites excluding steroid dienone is 1. The number of alkyl halides is 1. The van der Waals surface area contributed by atoms with Crippen LogP contribution < -0.4 is 0 Å². The van der Waals surface area contributed by atoms with Crippen LogP contribution in [0.4, 0.5) is 0 Å². The Hall–Kier alpha value is -0.790. The maximum atomic E-state index is 5.63. The zero-order valence-electron chi connectivity index (χ0n) is 9.53. The highest BCUT2D eigenvalue weighted by Crippen LogP contribution is 2.14. The van der Waals surface area contributed by atoms with E-state index in [9.17, 15) is 0 Å². The van der Waals surface area contributed by atoms with Gasteiger partial charge >= 0.3 is 0 Å². The quantitative estimate of drug-likeness (QED) is 0.722. The summed E-state index contributed by atoms with van der Waals surface area (Å²) in [5.41, 5.74) is 2.65. The Kier molecular flexibility index (Phi) is 4.44. The average molecular weight is 236 g/mol. The molecule has 1 fully saturated rings. The van der Waals surface area contributed by atoms with Crippen LogP contribution in [-0.2, 0) is 6.54 Å². The first kappa shape index (κ1) is 11.7. The maximum Gasteiger partial charge on any atom is 0.0407 e. The fourth-order valence-corrected chi connectivity index (χ4v) is 2.26. The van der Waals surface area contributed by atoms with Crippen LogP contribution in [0.1, 0.15) is 24.0 Å². The van der Waals surface area contributed by atoms with Crippen molar-refractivity contribution in [2.24, 2.45) is 0 Å². The first-order valence-electron chi connectivity index (χ1n) is 5.92. The van der Waals surface area contributed by atoms with Gasteiger partial charge < -0.3 is 0 Å². The van der Waals surface area contributed by atoms with Crippen LogP contribution in [0.5, 0.6) is 0 Å². The lowest BCUT2D eigenvalue weighted by Gasteiger charge is -2.14. The van der Waals surface area contributed by atoms with Gasteiger partial charge in [-0.05, 0) is 37.1 Å². The van der Waals surface area contributed by atoms with E-state index in [-0.39, 0.29) is 0 Å². The molecule has 86 valence electrons. The molecule has 0 unspecified atom stereocenters. The Balaban J connectivity index is 2.00. The predicted molar refractivity (Wildman–Crippen MR) is 70.7 cm³/mol. The molecule has 0 saturated carbocycles. The second-order valence-electron chi connectivity index (χ2n) is 4.28. The molecule has 1 aliphatic heterocycles. The molecular formula is C14H18ClN. The Bertz CT molecular complexity index is 354. The molecule has 0 aliphatic carbocycles. The van der Waals surface area contributed by atoms with Crippen molar-refractivity contribution in [1.29, 1.82) is 0 Å². The third kappa shape index (κ3) is 3.36. The molecule has 0 aromatic heterocycles. The van der Waals surface area contributed by atoms with Crippen molar-refractivity contribution in [1.82, 2.24) is 4.90 Å². The molecule has 1 aromatic carbocycles. The lowest BCUT2D eigenvalue weighted by Crippen LogP contribution is -2.18. The van der Waals surface area contributed by atoms with Crippen molar-refractivity contribution in [3.8, 4) is 0 Å². The Morgan fingerprint density at radius 3 is 2.81 bits per heavy atom. The Labute approximate surface area is 103 Å². The maximum absolute atomic E-state index is 5.63. The molecule has 1 heterocycles. The van der Waals surface area contributed by atoms with Gasteiger partial charge in [0.15, 0.2) is 0 Å². The van der Waals surface area contributed by atoms with Gasteiger partial charge in [-0.3, -0.25) is 4.90 Å². The summed E-state index contributed by atoms with van der Waals surface area (Å²) in [5, 5.41) is 0. The summed E-state index contributed by atoms with van der Waals surface area (Å²) in [6.07, 6.45) is 6.77. The number of nitrogens with zero attached hydrogens (tertiary/aromatic N) is 1. The van der Waals surface area contributed by atoms with Crippen molar-refractivity contribution in [2.75, 3.05) is 19.0 Å². The second kappa shape index (κ2) is 6.07. The Morgan fingerprint density at radius 2 is 2.06 bits per heavy atom. The molecule has 2 heteroatoms. The minimum Gasteiger partial charge on any atom is -0.299 e. The second-order valence-corrected chi connectivity index (χ2v) is 4.59. The van der Waals surface area contributed by atoms with Crippen LogP contribution in [0.2, 0.25) is 0 Å². The topological polar surface area (TPSA) is 3.24 Å². The van der Waals surface area contributed by atoms with Gasteiger partial charge in [-0.25, -0.2) is 0 Å². The van der Waals surface area contributed by atoms with Gasteiger partial charge in [-0.2, -0.15) is 0 Å². The SMILES string of the molecule is ClCC=Cc1cccc(CN2CCCC2)c1. The van der Waals surface area contributed by atoms with Crippen LogP contribution in [0.15, 0.2) is 30.3 Å². The average Bonchev–Trinajstić information content (AvgIpc) is 2.80. The first-order valence-corrected chi connectivity index (χ1v) is 6.46. The lowest BCUT2D eigenvalue weighted by molar-refractivity contribution is 0.331. The molecule has 0 radical (unpaired) electrons. The number of hydrogen-bond donors (Lipinski definition) is 0. The molecule has 2 rings (SSSR count). The molecule has 1 nitrogen and oxygen atoms in total. The largest absolute Gasteiger partial charge is 0.299 e. The van der Waals surface area contributed by atoms with Gasteiger partial charge in [0.05, 0.1) is 0 Å². The summed E-state index contributed by atoms with van der Waals surface area (Å²) in [5.74, 6) is 0.580. The minimum absolute atomic E-state index is 0.580. The zero-order valence-corrected chi connectivity index (χ0v) is 10.3. The number of hydrogen-bond acceptors (Lipinski definition) is 1. The molecular weight excluding hydrogens is 218 g/mol. The number of likely N-dealkylation sites (tertiary alicyclic amines) is 1. The van der Waals surface area contributed by atoms with Crippen molar-refractivity contribution < 1.29 is 0 Å². The fourth-order valence-electron chi connectivity index (χ4n) is 2.17. The molecule has 0 bridgehead atoms. The third-order valence-electron chi connectivity index (χ3n) is 2.96. The van der Waals surface area contributed by atoms with E-state index >= 15 is 0 Å². The van der Waals surface area contributed by atoms with Crippen LogP contribution >= 0.6 is 11.6 Å². The van der Waals surface area contributed by atoms with E-state index in [1.807, 2.05) is 6.08 Å². The molecule has 16 heavy (non-hydrogen) atoms. The highest BCUT2D eigenvalue weighted by atomic mass is 35.5. The van der Waals surface area contributed by atoms with Crippen molar-refractivity contribution in [3.63, 3.8) is 0 Å². The predicted octanol–water partition coefficient (Wildman–Crippen LogP) is 3.53. The summed E-state index contributed by atoms with van der Waals surface area (Å²) in [7, 11) is 0. The minimum atomic E-state index is 0.580. The van der Waals surface area contributed by atoms with E-state index in [1.165, 1.54) is 37.1 Å². The highest BCUT2D eigenvalue weighted by Gasteiger charge is 2.11. The first-order chi connectivity index (χ1) is 7.88. The zero-order chi connectivity index (χ0) is 11.2. The number of halogens is 1. The van der Waals surface area contributed by atoms with Crippen molar-refractivity contribution in [3.05, 3.63) is 41.5 Å². The van der Waals surface area contributed by atoms with E-state index in [1.54, 1.807) is 0 Å². The normalized spacial score (nSPS) is 17.3. The summed E-state index contributed by atoms with van der Waals surface area (Å²) in [6, 6.07) is 8.70. The van der Waals surface area contributed by atoms with E-state index in [0.29, 0.717) is 5.88 Å². The molecule has 1 aliphatic rings. The smallest absolute Gasteiger partial charge is 0.0407 e. The van der Waals surface area contributed by atoms with Gasteiger partial charge in [0, 0.05) is 12.4 Å². The monoisotopic (exact) mass is 235 g/mol. The fraction of sp³-hybridized carbons (Fsp3) is 0.429. The summed E-state index contributed by atoms with van der Waals surface area (Å²) in [4.78, 5) is 2.52. The standard InChI is InChI=1S/C14H18ClN/c15-8-4-7-13-5-3-6-14(11-13)12-16-9-1-2-10-16/h3-7,11H,1-2,8-10,12H2. The molecule has 1 saturated heterocycles.